The van der Waals surface area contributed by atoms with Crippen LogP contribution in [-0.4, -0.2) is 91.2 Å². The van der Waals surface area contributed by atoms with Crippen molar-refractivity contribution in [1.82, 2.24) is 54.3 Å². The number of nitrogens with one attached hydrogen (secondary N) is 5. The maximum atomic E-state index is 11.4. The fourth-order valence-corrected chi connectivity index (χ4v) is 10.4. The third kappa shape index (κ3) is 15.4. The number of imidazole rings is 2. The van der Waals surface area contributed by atoms with E-state index in [-0.39, 0.29) is 30.1 Å². The summed E-state index contributed by atoms with van der Waals surface area (Å²) in [6.45, 7) is 11.3. The Kier molecular flexibility index (Phi) is 19.1. The van der Waals surface area contributed by atoms with Gasteiger partial charge in [0.25, 0.3) is 0 Å². The van der Waals surface area contributed by atoms with Gasteiger partial charge in [-0.2, -0.15) is 19.9 Å². The van der Waals surface area contributed by atoms with Crippen LogP contribution in [0.25, 0.3) is 44.8 Å². The fraction of sp³-hybridized carbons (Fsp3) is 0.450. The van der Waals surface area contributed by atoms with Gasteiger partial charge in [0.05, 0.1) is 24.0 Å². The number of benzene rings is 2. The third-order valence-corrected chi connectivity index (χ3v) is 15.1. The van der Waals surface area contributed by atoms with Gasteiger partial charge in [0, 0.05) is 91.9 Å². The van der Waals surface area contributed by atoms with Crippen molar-refractivity contribution in [2.24, 2.45) is 17.2 Å². The standard InChI is InChI=1S/C28H34N8O.C26H32N8.C6H14N2/c1-18(2)36-17-31-25-26(30-16-20-7-9-21(10-8-20)24-6-4-5-15-29-24)34-28(35-27(25)36)33-23-13-11-22(12-14-23)32-19(3)37;1-17(2)34-16-30-23-24(32-26(33-25(23)34)31-21-12-10-20(27)11-13-21)29-15-18-6-8-19(9-7-18)22-5-3-4-14-28-22;7-5-1-2-6(8)4-3-5/h4-10,15,17-18,22-23H,11-14,16H2,1-3H3,(H,32,37)(H2,30,33,34,35);3-9,14,16-17,20-21H,10-13,15,27H2,1-2H3,(H2,29,31,32,33);5-6H,1-4,7-8H2. The lowest BCUT2D eigenvalue weighted by Gasteiger charge is -2.29. The van der Waals surface area contributed by atoms with Crippen LogP contribution in [0.1, 0.15) is 135 Å². The Morgan fingerprint density at radius 3 is 1.25 bits per heavy atom. The minimum atomic E-state index is 0.0363. The molecule has 3 saturated carbocycles. The first-order valence-electron chi connectivity index (χ1n) is 28.4. The van der Waals surface area contributed by atoms with Crippen molar-refractivity contribution in [2.75, 3.05) is 21.3 Å². The van der Waals surface area contributed by atoms with Gasteiger partial charge in [-0.3, -0.25) is 14.8 Å². The number of carbonyl (C=O) groups is 1. The molecule has 0 aliphatic heterocycles. The number of aromatic nitrogens is 10. The molecule has 0 atom stereocenters. The SMILES string of the molecule is CC(=O)NC1CCC(Nc2nc(NCc3ccc(-c4ccccn4)cc3)c3ncn(C(C)C)c3n2)CC1.CC(C)n1cnc2c(NCc3ccc(-c4ccccn4)cc3)nc(NC3CCC(N)CC3)nc21.NC1CCC(N)CC1. The molecule has 11 rings (SSSR count). The first kappa shape index (κ1) is 56.1. The van der Waals surface area contributed by atoms with Crippen LogP contribution in [0.2, 0.25) is 0 Å². The Bertz CT molecular complexity index is 3150. The van der Waals surface area contributed by atoms with E-state index < -0.39 is 0 Å². The molecule has 6 aromatic heterocycles. The summed E-state index contributed by atoms with van der Waals surface area (Å²) in [6, 6.07) is 31.2. The van der Waals surface area contributed by atoms with Crippen molar-refractivity contribution in [3.8, 4) is 22.5 Å². The van der Waals surface area contributed by atoms with Crippen LogP contribution in [-0.2, 0) is 17.9 Å². The molecule has 0 spiro atoms. The molecule has 19 nitrogen and oxygen atoms in total. The molecule has 3 aliphatic rings. The second-order valence-electron chi connectivity index (χ2n) is 22.0. The zero-order valence-electron chi connectivity index (χ0n) is 46.5. The molecule has 79 heavy (non-hydrogen) atoms. The third-order valence-electron chi connectivity index (χ3n) is 15.1. The molecule has 0 radical (unpaired) electrons. The summed E-state index contributed by atoms with van der Waals surface area (Å²) in [5.41, 5.74) is 27.0. The van der Waals surface area contributed by atoms with E-state index >= 15 is 0 Å². The zero-order valence-corrected chi connectivity index (χ0v) is 46.5. The highest BCUT2D eigenvalue weighted by Crippen LogP contribution is 2.29. The first-order chi connectivity index (χ1) is 38.3. The van der Waals surface area contributed by atoms with Gasteiger partial charge in [-0.25, -0.2) is 9.97 Å². The summed E-state index contributed by atoms with van der Waals surface area (Å²) in [6.07, 6.45) is 19.8. The molecule has 11 N–H and O–H groups in total. The summed E-state index contributed by atoms with van der Waals surface area (Å²) < 4.78 is 4.16. The van der Waals surface area contributed by atoms with Crippen molar-refractivity contribution >= 4 is 51.8 Å². The molecule has 3 fully saturated rings. The highest BCUT2D eigenvalue weighted by molar-refractivity contribution is 5.85. The minimum Gasteiger partial charge on any atom is -0.364 e. The molecule has 19 heteroatoms. The van der Waals surface area contributed by atoms with Crippen LogP contribution in [0.5, 0.6) is 0 Å². The molecule has 0 unspecified atom stereocenters. The van der Waals surface area contributed by atoms with Gasteiger partial charge in [-0.15, -0.1) is 0 Å². The number of anilines is 4. The molecule has 8 aromatic rings. The van der Waals surface area contributed by atoms with Gasteiger partial charge in [-0.1, -0.05) is 60.7 Å². The molecule has 3 aliphatic carbocycles. The van der Waals surface area contributed by atoms with E-state index in [2.05, 4.69) is 132 Å². The number of hydrogen-bond acceptors (Lipinski definition) is 16. The van der Waals surface area contributed by atoms with Gasteiger partial charge < -0.3 is 52.9 Å². The second-order valence-corrected chi connectivity index (χ2v) is 22.0. The summed E-state index contributed by atoms with van der Waals surface area (Å²) >= 11 is 0. The molecule has 0 saturated heterocycles. The molecular weight excluding hydrogens is 989 g/mol. The summed E-state index contributed by atoms with van der Waals surface area (Å²) in [5.74, 6) is 2.74. The lowest BCUT2D eigenvalue weighted by atomic mass is 9.91. The first-order valence-corrected chi connectivity index (χ1v) is 28.4. The van der Waals surface area contributed by atoms with E-state index in [9.17, 15) is 4.79 Å². The maximum absolute atomic E-state index is 11.4. The van der Waals surface area contributed by atoms with E-state index in [0.717, 1.165) is 139 Å². The average Bonchev–Trinajstić information content (AvgIpc) is 4.26. The average molecular weight is 1070 g/mol. The van der Waals surface area contributed by atoms with Crippen LogP contribution >= 0.6 is 0 Å². The van der Waals surface area contributed by atoms with Crippen molar-refractivity contribution in [2.45, 2.75) is 173 Å². The van der Waals surface area contributed by atoms with Gasteiger partial charge in [-0.05, 0) is 140 Å². The van der Waals surface area contributed by atoms with Gasteiger partial charge >= 0.3 is 0 Å². The predicted molar refractivity (Wildman–Crippen MR) is 317 cm³/mol. The Labute approximate surface area is 464 Å². The van der Waals surface area contributed by atoms with Crippen molar-refractivity contribution in [3.63, 3.8) is 0 Å². The smallest absolute Gasteiger partial charge is 0.227 e. The Morgan fingerprint density at radius 2 is 0.886 bits per heavy atom. The fourth-order valence-electron chi connectivity index (χ4n) is 10.4. The molecular formula is C60H80N18O. The second kappa shape index (κ2) is 26.8. The lowest BCUT2D eigenvalue weighted by Crippen LogP contribution is -2.39. The highest BCUT2D eigenvalue weighted by atomic mass is 16.1. The van der Waals surface area contributed by atoms with E-state index in [4.69, 9.17) is 37.1 Å². The number of hydrogen-bond donors (Lipinski definition) is 8. The highest BCUT2D eigenvalue weighted by Gasteiger charge is 2.25. The zero-order chi connectivity index (χ0) is 55.3. The summed E-state index contributed by atoms with van der Waals surface area (Å²) in [7, 11) is 0. The number of nitrogens with two attached hydrogens (primary N) is 3. The molecule has 6 heterocycles. The number of nitrogens with zero attached hydrogens (tertiary/aromatic N) is 10. The number of amides is 1. The molecule has 2 aromatic carbocycles. The van der Waals surface area contributed by atoms with E-state index in [1.807, 2.05) is 61.4 Å². The van der Waals surface area contributed by atoms with Crippen molar-refractivity contribution < 1.29 is 4.79 Å². The van der Waals surface area contributed by atoms with Crippen LogP contribution < -0.4 is 43.8 Å². The van der Waals surface area contributed by atoms with Crippen molar-refractivity contribution in [1.29, 1.82) is 0 Å². The van der Waals surface area contributed by atoms with Gasteiger partial charge in [0.1, 0.15) is 0 Å². The van der Waals surface area contributed by atoms with Crippen LogP contribution in [0, 0.1) is 0 Å². The van der Waals surface area contributed by atoms with Crippen LogP contribution in [0.4, 0.5) is 23.5 Å². The number of carbonyl (C=O) groups excluding carboxylic acids is 1. The monoisotopic (exact) mass is 1070 g/mol. The topological polar surface area (TPSA) is 268 Å². The Morgan fingerprint density at radius 1 is 0.506 bits per heavy atom. The summed E-state index contributed by atoms with van der Waals surface area (Å²) in [4.78, 5) is 48.8. The van der Waals surface area contributed by atoms with E-state index in [1.165, 1.54) is 0 Å². The van der Waals surface area contributed by atoms with E-state index in [1.54, 1.807) is 6.92 Å². The normalized spacial score (nSPS) is 20.2. The van der Waals surface area contributed by atoms with Crippen LogP contribution in [0.3, 0.4) is 0 Å². The van der Waals surface area contributed by atoms with Crippen molar-refractivity contribution in [3.05, 3.63) is 121 Å². The van der Waals surface area contributed by atoms with E-state index in [0.29, 0.717) is 55.0 Å². The minimum absolute atomic E-state index is 0.0363. The lowest BCUT2D eigenvalue weighted by molar-refractivity contribution is -0.119. The Hall–Kier alpha value is -7.61. The summed E-state index contributed by atoms with van der Waals surface area (Å²) in [5, 5.41) is 17.1. The number of pyridine rings is 2. The predicted octanol–water partition coefficient (Wildman–Crippen LogP) is 9.92. The molecule has 0 bridgehead atoms. The largest absolute Gasteiger partial charge is 0.364 e. The molecule has 1 amide bonds. The van der Waals surface area contributed by atoms with Crippen LogP contribution in [0.15, 0.2) is 110 Å². The number of rotatable bonds is 15. The van der Waals surface area contributed by atoms with Gasteiger partial charge in [0.2, 0.25) is 17.8 Å². The Balaban J connectivity index is 0.000000168. The molecule has 416 valence electrons. The number of fused-ring (bicyclic) bond motifs is 2. The maximum Gasteiger partial charge on any atom is 0.227 e. The quantitative estimate of drug-likeness (QED) is 0.0474. The van der Waals surface area contributed by atoms with Gasteiger partial charge in [0.15, 0.2) is 34.0 Å².